The number of ether oxygens (including phenoxy) is 1. The van der Waals surface area contributed by atoms with Gasteiger partial charge in [0.25, 0.3) is 0 Å². The zero-order valence-corrected chi connectivity index (χ0v) is 20.5. The quantitative estimate of drug-likeness (QED) is 0.487. The van der Waals surface area contributed by atoms with E-state index < -0.39 is 11.7 Å². The molecule has 7 rings (SSSR count). The second-order valence-corrected chi connectivity index (χ2v) is 11.4. The summed E-state index contributed by atoms with van der Waals surface area (Å²) >= 11 is 0. The summed E-state index contributed by atoms with van der Waals surface area (Å²) in [4.78, 5) is 12.1. The van der Waals surface area contributed by atoms with Crippen molar-refractivity contribution in [1.82, 2.24) is 14.5 Å². The van der Waals surface area contributed by atoms with Crippen LogP contribution in [0.5, 0.6) is 5.75 Å². The molecule has 3 aromatic rings. The molecule has 0 spiro atoms. The van der Waals surface area contributed by atoms with E-state index in [1.165, 1.54) is 24.8 Å². The summed E-state index contributed by atoms with van der Waals surface area (Å²) in [6.07, 6.45) is 5.74. The third kappa shape index (κ3) is 4.09. The number of benzene rings is 2. The average Bonchev–Trinajstić information content (AvgIpc) is 3.04. The van der Waals surface area contributed by atoms with Crippen LogP contribution in [0.25, 0.3) is 11.0 Å². The van der Waals surface area contributed by atoms with Crippen molar-refractivity contribution in [2.75, 3.05) is 6.61 Å². The fourth-order valence-electron chi connectivity index (χ4n) is 7.42. The standard InChI is InChI=1S/C28H35N3O4/c1-30-23-8-5-21(10-24(23)31(2)26(30)33)25(32)16-35-22-6-3-18(4-7-22)15-29-27-11-19-9-20(12-27)14-28(34,13-19)17-27/h3-8,10,19-20,25,29,32,34H,9,11-17H2,1-2H3/t19-,20-,25+,27?,28?/m1/s1. The molecule has 4 aliphatic carbocycles. The Hall–Kier alpha value is -2.61. The number of imidazole rings is 1. The molecular weight excluding hydrogens is 442 g/mol. The van der Waals surface area contributed by atoms with Gasteiger partial charge in [-0.25, -0.2) is 4.79 Å². The van der Waals surface area contributed by atoms with E-state index in [0.29, 0.717) is 17.6 Å². The number of fused-ring (bicyclic) bond motifs is 1. The lowest BCUT2D eigenvalue weighted by Crippen LogP contribution is -2.64. The van der Waals surface area contributed by atoms with Gasteiger partial charge in [0, 0.05) is 26.2 Å². The SMILES string of the molecule is Cn1c(=O)n(C)c2cc([C@@H](O)COc3ccc(CNC45C[C@H]6C[C@@H](CC(O)(C6)C4)C5)cc3)ccc21. The van der Waals surface area contributed by atoms with Gasteiger partial charge < -0.3 is 20.3 Å². The second kappa shape index (κ2) is 8.22. The molecular formula is C28H35N3O4. The number of rotatable bonds is 7. The summed E-state index contributed by atoms with van der Waals surface area (Å²) in [7, 11) is 3.48. The van der Waals surface area contributed by atoms with Crippen LogP contribution in [-0.4, -0.2) is 37.1 Å². The van der Waals surface area contributed by atoms with Gasteiger partial charge in [-0.05, 0) is 85.8 Å². The van der Waals surface area contributed by atoms with Crippen LogP contribution in [0.1, 0.15) is 55.8 Å². The first-order chi connectivity index (χ1) is 16.7. The van der Waals surface area contributed by atoms with Crippen molar-refractivity contribution < 1.29 is 14.9 Å². The van der Waals surface area contributed by atoms with Gasteiger partial charge in [-0.3, -0.25) is 9.13 Å². The molecule has 0 saturated heterocycles. The minimum absolute atomic E-state index is 0.0848. The summed E-state index contributed by atoms with van der Waals surface area (Å²) in [5.74, 6) is 2.05. The molecule has 2 aromatic carbocycles. The number of aryl methyl sites for hydroxylation is 2. The van der Waals surface area contributed by atoms with Crippen LogP contribution in [0.2, 0.25) is 0 Å². The molecule has 35 heavy (non-hydrogen) atoms. The zero-order valence-electron chi connectivity index (χ0n) is 20.5. The fourth-order valence-corrected chi connectivity index (χ4v) is 7.42. The first-order valence-corrected chi connectivity index (χ1v) is 12.8. The highest BCUT2D eigenvalue weighted by atomic mass is 16.5. The number of hydrogen-bond donors (Lipinski definition) is 3. The fraction of sp³-hybridized carbons (Fsp3) is 0.536. The highest BCUT2D eigenvalue weighted by Gasteiger charge is 2.56. The lowest BCUT2D eigenvalue weighted by Gasteiger charge is -2.60. The maximum atomic E-state index is 12.1. The van der Waals surface area contributed by atoms with Gasteiger partial charge in [0.1, 0.15) is 18.5 Å². The summed E-state index contributed by atoms with van der Waals surface area (Å²) in [5.41, 5.74) is 3.08. The van der Waals surface area contributed by atoms with Crippen molar-refractivity contribution in [3.05, 3.63) is 64.1 Å². The zero-order chi connectivity index (χ0) is 24.4. The second-order valence-electron chi connectivity index (χ2n) is 11.4. The number of aliphatic hydroxyl groups is 2. The molecule has 0 amide bonds. The summed E-state index contributed by atoms with van der Waals surface area (Å²) in [5, 5.41) is 25.5. The molecule has 186 valence electrons. The first kappa shape index (κ1) is 22.8. The Bertz CT molecular complexity index is 1290. The van der Waals surface area contributed by atoms with Gasteiger partial charge in [0.2, 0.25) is 0 Å². The average molecular weight is 478 g/mol. The van der Waals surface area contributed by atoms with Crippen molar-refractivity contribution in [3.8, 4) is 5.75 Å². The van der Waals surface area contributed by atoms with Gasteiger partial charge in [-0.2, -0.15) is 0 Å². The van der Waals surface area contributed by atoms with Gasteiger partial charge in [-0.1, -0.05) is 18.2 Å². The molecule has 0 unspecified atom stereocenters. The number of aliphatic hydroxyl groups excluding tert-OH is 1. The molecule has 4 saturated carbocycles. The van der Waals surface area contributed by atoms with Crippen molar-refractivity contribution in [3.63, 3.8) is 0 Å². The molecule has 1 heterocycles. The van der Waals surface area contributed by atoms with Crippen LogP contribution in [0.15, 0.2) is 47.3 Å². The Balaban J connectivity index is 1.06. The van der Waals surface area contributed by atoms with Gasteiger partial charge in [0.05, 0.1) is 16.6 Å². The van der Waals surface area contributed by atoms with Gasteiger partial charge in [0.15, 0.2) is 0 Å². The van der Waals surface area contributed by atoms with E-state index in [0.717, 1.165) is 42.4 Å². The molecule has 7 heteroatoms. The molecule has 4 aliphatic rings. The Morgan fingerprint density at radius 3 is 2.40 bits per heavy atom. The minimum atomic E-state index is -0.794. The summed E-state index contributed by atoms with van der Waals surface area (Å²) in [6.45, 7) is 0.919. The highest BCUT2D eigenvalue weighted by Crippen LogP contribution is 2.57. The van der Waals surface area contributed by atoms with E-state index in [1.807, 2.05) is 30.3 Å². The number of nitrogens with zero attached hydrogens (tertiary/aromatic N) is 2. The van der Waals surface area contributed by atoms with E-state index in [-0.39, 0.29) is 17.8 Å². The smallest absolute Gasteiger partial charge is 0.328 e. The summed E-state index contributed by atoms with van der Waals surface area (Å²) < 4.78 is 9.05. The predicted octanol–water partition coefficient (Wildman–Crippen LogP) is 3.16. The molecule has 7 nitrogen and oxygen atoms in total. The van der Waals surface area contributed by atoms with Crippen LogP contribution in [0, 0.1) is 11.8 Å². The molecule has 4 bridgehead atoms. The Kier molecular flexibility index (Phi) is 5.36. The van der Waals surface area contributed by atoms with Gasteiger partial charge >= 0.3 is 5.69 Å². The highest BCUT2D eigenvalue weighted by molar-refractivity contribution is 5.77. The predicted molar refractivity (Wildman–Crippen MR) is 134 cm³/mol. The van der Waals surface area contributed by atoms with Gasteiger partial charge in [-0.15, -0.1) is 0 Å². The Morgan fingerprint density at radius 2 is 1.71 bits per heavy atom. The molecule has 1 aromatic heterocycles. The molecule has 3 atom stereocenters. The molecule has 0 radical (unpaired) electrons. The lowest BCUT2D eigenvalue weighted by atomic mass is 9.51. The van der Waals surface area contributed by atoms with E-state index in [1.54, 1.807) is 23.2 Å². The van der Waals surface area contributed by atoms with Crippen molar-refractivity contribution in [1.29, 1.82) is 0 Å². The Morgan fingerprint density at radius 1 is 1.03 bits per heavy atom. The maximum absolute atomic E-state index is 12.1. The van der Waals surface area contributed by atoms with Crippen LogP contribution in [0.4, 0.5) is 0 Å². The maximum Gasteiger partial charge on any atom is 0.328 e. The number of hydrogen-bond acceptors (Lipinski definition) is 5. The normalized spacial score (nSPS) is 30.2. The van der Waals surface area contributed by atoms with Crippen LogP contribution in [0.3, 0.4) is 0 Å². The molecule has 3 N–H and O–H groups in total. The van der Waals surface area contributed by atoms with Crippen molar-refractivity contribution in [2.24, 2.45) is 25.9 Å². The minimum Gasteiger partial charge on any atom is -0.491 e. The van der Waals surface area contributed by atoms with E-state index in [2.05, 4.69) is 17.4 Å². The number of nitrogens with one attached hydrogen (secondary N) is 1. The summed E-state index contributed by atoms with van der Waals surface area (Å²) in [6, 6.07) is 13.6. The van der Waals surface area contributed by atoms with E-state index >= 15 is 0 Å². The van der Waals surface area contributed by atoms with E-state index in [4.69, 9.17) is 4.74 Å². The largest absolute Gasteiger partial charge is 0.491 e. The monoisotopic (exact) mass is 477 g/mol. The first-order valence-electron chi connectivity index (χ1n) is 12.8. The van der Waals surface area contributed by atoms with Crippen molar-refractivity contribution >= 4 is 11.0 Å². The number of aromatic nitrogens is 2. The van der Waals surface area contributed by atoms with Crippen molar-refractivity contribution in [2.45, 2.75) is 62.3 Å². The van der Waals surface area contributed by atoms with Crippen LogP contribution < -0.4 is 15.7 Å². The molecule has 4 fully saturated rings. The topological polar surface area (TPSA) is 88.7 Å². The van der Waals surface area contributed by atoms with Crippen LogP contribution >= 0.6 is 0 Å². The Labute approximate surface area is 205 Å². The van der Waals surface area contributed by atoms with Crippen LogP contribution in [-0.2, 0) is 20.6 Å². The third-order valence-corrected chi connectivity index (χ3v) is 8.71. The third-order valence-electron chi connectivity index (χ3n) is 8.71. The lowest BCUT2D eigenvalue weighted by molar-refractivity contribution is -0.142. The van der Waals surface area contributed by atoms with E-state index in [9.17, 15) is 15.0 Å². The molecule has 0 aliphatic heterocycles.